The van der Waals surface area contributed by atoms with E-state index in [4.69, 9.17) is 9.84 Å². The van der Waals surface area contributed by atoms with Gasteiger partial charge in [-0.15, -0.1) is 0 Å². The zero-order chi connectivity index (χ0) is 12.4. The van der Waals surface area contributed by atoms with Gasteiger partial charge in [-0.2, -0.15) is 0 Å². The van der Waals surface area contributed by atoms with E-state index >= 15 is 0 Å². The molecule has 17 heavy (non-hydrogen) atoms. The number of rotatable bonds is 2. The maximum absolute atomic E-state index is 11.4. The van der Waals surface area contributed by atoms with Gasteiger partial charge < -0.3 is 14.4 Å². The first kappa shape index (κ1) is 11.6. The number of carboxylic acids is 1. The normalized spacial score (nSPS) is 19.2. The highest BCUT2D eigenvalue weighted by Gasteiger charge is 2.25. The SMILES string of the molecule is COC(=O)[C@@H]1CCc2ncc(C(=O)O)n2CC1. The molecule has 1 aliphatic rings. The fourth-order valence-corrected chi connectivity index (χ4v) is 2.17. The van der Waals surface area contributed by atoms with E-state index in [9.17, 15) is 9.59 Å². The number of nitrogens with zero attached hydrogens (tertiary/aromatic N) is 2. The number of hydrogen-bond acceptors (Lipinski definition) is 4. The molecule has 0 fully saturated rings. The number of hydrogen-bond donors (Lipinski definition) is 1. The molecule has 1 aliphatic heterocycles. The topological polar surface area (TPSA) is 81.4 Å². The lowest BCUT2D eigenvalue weighted by Crippen LogP contribution is -2.17. The van der Waals surface area contributed by atoms with Crippen molar-refractivity contribution in [1.29, 1.82) is 0 Å². The Morgan fingerprint density at radius 2 is 2.29 bits per heavy atom. The number of carbonyl (C=O) groups is 2. The summed E-state index contributed by atoms with van der Waals surface area (Å²) in [6.45, 7) is 0.497. The van der Waals surface area contributed by atoms with Crippen LogP contribution in [0, 0.1) is 5.92 Å². The van der Waals surface area contributed by atoms with Crippen LogP contribution in [0.3, 0.4) is 0 Å². The Hall–Kier alpha value is -1.85. The molecule has 6 nitrogen and oxygen atoms in total. The Kier molecular flexibility index (Phi) is 3.12. The summed E-state index contributed by atoms with van der Waals surface area (Å²) >= 11 is 0. The lowest BCUT2D eigenvalue weighted by Gasteiger charge is -2.10. The van der Waals surface area contributed by atoms with Crippen molar-refractivity contribution < 1.29 is 19.4 Å². The summed E-state index contributed by atoms with van der Waals surface area (Å²) in [5.41, 5.74) is 0.186. The number of esters is 1. The van der Waals surface area contributed by atoms with Crippen LogP contribution in [0.5, 0.6) is 0 Å². The number of ether oxygens (including phenoxy) is 1. The lowest BCUT2D eigenvalue weighted by molar-refractivity contribution is -0.145. The average molecular weight is 238 g/mol. The predicted molar refractivity (Wildman–Crippen MR) is 57.6 cm³/mol. The van der Waals surface area contributed by atoms with Gasteiger partial charge in [0.15, 0.2) is 0 Å². The molecule has 1 atom stereocenters. The third-order valence-electron chi connectivity index (χ3n) is 3.11. The van der Waals surface area contributed by atoms with Gasteiger partial charge in [0.05, 0.1) is 19.2 Å². The molecule has 6 heteroatoms. The summed E-state index contributed by atoms with van der Waals surface area (Å²) < 4.78 is 6.39. The van der Waals surface area contributed by atoms with Gasteiger partial charge in [-0.3, -0.25) is 4.79 Å². The van der Waals surface area contributed by atoms with Gasteiger partial charge in [0, 0.05) is 13.0 Å². The first-order valence-electron chi connectivity index (χ1n) is 5.49. The highest BCUT2D eigenvalue weighted by molar-refractivity contribution is 5.85. The molecule has 0 saturated carbocycles. The van der Waals surface area contributed by atoms with Crippen LogP contribution in [0.25, 0.3) is 0 Å². The molecule has 1 N–H and O–H groups in total. The second kappa shape index (κ2) is 4.57. The molecule has 0 bridgehead atoms. The van der Waals surface area contributed by atoms with E-state index in [1.54, 1.807) is 4.57 Å². The van der Waals surface area contributed by atoms with Gasteiger partial charge in [0.2, 0.25) is 0 Å². The molecule has 1 aromatic heterocycles. The van der Waals surface area contributed by atoms with E-state index in [2.05, 4.69) is 4.98 Å². The molecule has 0 unspecified atom stereocenters. The first-order chi connectivity index (χ1) is 8.13. The molecule has 0 saturated heterocycles. The summed E-state index contributed by atoms with van der Waals surface area (Å²) in [5.74, 6) is -0.648. The van der Waals surface area contributed by atoms with Crippen molar-refractivity contribution in [3.05, 3.63) is 17.7 Å². The highest BCUT2D eigenvalue weighted by atomic mass is 16.5. The number of fused-ring (bicyclic) bond motifs is 1. The second-order valence-corrected chi connectivity index (χ2v) is 4.06. The van der Waals surface area contributed by atoms with Crippen LogP contribution in [0.15, 0.2) is 6.20 Å². The van der Waals surface area contributed by atoms with E-state index < -0.39 is 5.97 Å². The monoisotopic (exact) mass is 238 g/mol. The minimum Gasteiger partial charge on any atom is -0.477 e. The highest BCUT2D eigenvalue weighted by Crippen LogP contribution is 2.22. The number of carboxylic acid groups (broad SMARTS) is 1. The smallest absolute Gasteiger partial charge is 0.354 e. The lowest BCUT2D eigenvalue weighted by atomic mass is 10.0. The molecule has 0 radical (unpaired) electrons. The van der Waals surface area contributed by atoms with Crippen molar-refractivity contribution in [2.45, 2.75) is 25.8 Å². The van der Waals surface area contributed by atoms with Crippen molar-refractivity contribution in [2.75, 3.05) is 7.11 Å². The maximum atomic E-state index is 11.4. The molecule has 0 amide bonds. The average Bonchev–Trinajstić information content (AvgIpc) is 2.61. The van der Waals surface area contributed by atoms with E-state index in [0.717, 1.165) is 5.82 Å². The maximum Gasteiger partial charge on any atom is 0.354 e. The van der Waals surface area contributed by atoms with Gasteiger partial charge in [0.25, 0.3) is 0 Å². The van der Waals surface area contributed by atoms with Crippen LogP contribution >= 0.6 is 0 Å². The Balaban J connectivity index is 2.19. The summed E-state index contributed by atoms with van der Waals surface area (Å²) in [5, 5.41) is 8.99. The predicted octanol–water partition coefficient (Wildman–Crippen LogP) is 0.707. The fraction of sp³-hybridized carbons (Fsp3) is 0.545. The summed E-state index contributed by atoms with van der Waals surface area (Å²) in [6, 6.07) is 0. The molecular formula is C11H14N2O4. The second-order valence-electron chi connectivity index (χ2n) is 4.06. The standard InChI is InChI=1S/C11H14N2O4/c1-17-11(16)7-2-3-9-12-6-8(10(14)15)13(9)5-4-7/h6-7H,2-5H2,1H3,(H,14,15)/t7-/m1/s1. The van der Waals surface area contributed by atoms with Crippen LogP contribution in [0.1, 0.15) is 29.2 Å². The van der Waals surface area contributed by atoms with Crippen molar-refractivity contribution in [3.63, 3.8) is 0 Å². The summed E-state index contributed by atoms with van der Waals surface area (Å²) in [4.78, 5) is 26.5. The third kappa shape index (κ3) is 2.15. The minimum absolute atomic E-state index is 0.164. The zero-order valence-electron chi connectivity index (χ0n) is 9.55. The van der Waals surface area contributed by atoms with Crippen molar-refractivity contribution in [3.8, 4) is 0 Å². The quantitative estimate of drug-likeness (QED) is 0.767. The van der Waals surface area contributed by atoms with Gasteiger partial charge >= 0.3 is 11.9 Å². The number of carbonyl (C=O) groups excluding carboxylic acids is 1. The van der Waals surface area contributed by atoms with Gasteiger partial charge in [-0.25, -0.2) is 9.78 Å². The van der Waals surface area contributed by atoms with Crippen LogP contribution in [-0.2, 0) is 22.5 Å². The van der Waals surface area contributed by atoms with Gasteiger partial charge in [0.1, 0.15) is 11.5 Å². The van der Waals surface area contributed by atoms with Crippen LogP contribution in [-0.4, -0.2) is 33.7 Å². The molecule has 0 spiro atoms. The number of methoxy groups -OCH3 is 1. The van der Waals surface area contributed by atoms with Crippen LogP contribution in [0.4, 0.5) is 0 Å². The zero-order valence-corrected chi connectivity index (χ0v) is 9.55. The van der Waals surface area contributed by atoms with Crippen molar-refractivity contribution >= 4 is 11.9 Å². The largest absolute Gasteiger partial charge is 0.477 e. The van der Waals surface area contributed by atoms with Gasteiger partial charge in [-0.1, -0.05) is 0 Å². The number of aryl methyl sites for hydroxylation is 1. The van der Waals surface area contributed by atoms with Crippen molar-refractivity contribution in [2.24, 2.45) is 5.92 Å². The molecule has 0 aromatic carbocycles. The fourth-order valence-electron chi connectivity index (χ4n) is 2.17. The third-order valence-corrected chi connectivity index (χ3v) is 3.11. The first-order valence-corrected chi connectivity index (χ1v) is 5.49. The summed E-state index contributed by atoms with van der Waals surface area (Å²) in [7, 11) is 1.37. The number of aromatic carboxylic acids is 1. The molecule has 92 valence electrons. The summed E-state index contributed by atoms with van der Waals surface area (Å²) in [6.07, 6.45) is 3.22. The Morgan fingerprint density at radius 1 is 1.53 bits per heavy atom. The van der Waals surface area contributed by atoms with E-state index in [0.29, 0.717) is 25.8 Å². The molecule has 0 aliphatic carbocycles. The van der Waals surface area contributed by atoms with Crippen molar-refractivity contribution in [1.82, 2.24) is 9.55 Å². The molecule has 1 aromatic rings. The van der Waals surface area contributed by atoms with E-state index in [1.807, 2.05) is 0 Å². The van der Waals surface area contributed by atoms with Gasteiger partial charge in [-0.05, 0) is 12.8 Å². The van der Waals surface area contributed by atoms with Crippen LogP contribution in [0.2, 0.25) is 0 Å². The van der Waals surface area contributed by atoms with Crippen LogP contribution < -0.4 is 0 Å². The molecule has 2 heterocycles. The molecular weight excluding hydrogens is 224 g/mol. The Morgan fingerprint density at radius 3 is 2.94 bits per heavy atom. The minimum atomic E-state index is -0.986. The number of aromatic nitrogens is 2. The van der Waals surface area contributed by atoms with E-state index in [-0.39, 0.29) is 17.6 Å². The Bertz CT molecular complexity index is 452. The molecule has 2 rings (SSSR count). The Labute approximate surface area is 98.2 Å². The number of imidazole rings is 1. The van der Waals surface area contributed by atoms with E-state index in [1.165, 1.54) is 13.3 Å².